The van der Waals surface area contributed by atoms with Gasteiger partial charge in [-0.15, -0.1) is 11.3 Å². The van der Waals surface area contributed by atoms with Gasteiger partial charge in [-0.1, -0.05) is 30.3 Å². The highest BCUT2D eigenvalue weighted by atomic mass is 32.1. The summed E-state index contributed by atoms with van der Waals surface area (Å²) in [5, 5.41) is 5.06. The van der Waals surface area contributed by atoms with Gasteiger partial charge in [0, 0.05) is 10.9 Å². The van der Waals surface area contributed by atoms with E-state index in [2.05, 4.69) is 15.3 Å². The second-order valence-corrected chi connectivity index (χ2v) is 5.93. The van der Waals surface area contributed by atoms with Crippen LogP contribution in [0.25, 0.3) is 11.3 Å². The molecule has 1 aromatic carbocycles. The molecule has 3 rings (SSSR count). The summed E-state index contributed by atoms with van der Waals surface area (Å²) >= 11 is 1.31. The van der Waals surface area contributed by atoms with Crippen molar-refractivity contribution < 1.29 is 9.53 Å². The predicted molar refractivity (Wildman–Crippen MR) is 95.6 cm³/mol. The zero-order valence-corrected chi connectivity index (χ0v) is 14.3. The van der Waals surface area contributed by atoms with Gasteiger partial charge in [0.2, 0.25) is 0 Å². The standard InChI is InChI=1S/C18H17N3O2S/c1-3-23-15-9-10-16(19-12(15)2)21-17(22)18-20-14(11-24-18)13-7-5-4-6-8-13/h4-11H,3H2,1-2H3,(H,19,21,22). The number of hydrogen-bond donors (Lipinski definition) is 1. The minimum atomic E-state index is -0.266. The van der Waals surface area contributed by atoms with Crippen LogP contribution in [-0.4, -0.2) is 22.5 Å². The number of nitrogens with one attached hydrogen (secondary N) is 1. The first-order valence-corrected chi connectivity index (χ1v) is 8.48. The lowest BCUT2D eigenvalue weighted by molar-refractivity contribution is 0.102. The van der Waals surface area contributed by atoms with Crippen LogP contribution < -0.4 is 10.1 Å². The molecule has 3 aromatic rings. The maximum Gasteiger partial charge on any atom is 0.285 e. The average Bonchev–Trinajstić information content (AvgIpc) is 3.08. The number of rotatable bonds is 5. The molecule has 0 bridgehead atoms. The highest BCUT2D eigenvalue weighted by molar-refractivity contribution is 7.12. The number of amides is 1. The normalized spacial score (nSPS) is 10.4. The summed E-state index contributed by atoms with van der Waals surface area (Å²) in [6.07, 6.45) is 0. The average molecular weight is 339 g/mol. The number of hydrogen-bond acceptors (Lipinski definition) is 5. The molecule has 1 N–H and O–H groups in total. The number of carbonyl (C=O) groups excluding carboxylic acids is 1. The first-order valence-electron chi connectivity index (χ1n) is 7.60. The highest BCUT2D eigenvalue weighted by Crippen LogP contribution is 2.23. The van der Waals surface area contributed by atoms with E-state index in [9.17, 15) is 4.79 Å². The largest absolute Gasteiger partial charge is 0.492 e. The molecule has 5 nitrogen and oxygen atoms in total. The van der Waals surface area contributed by atoms with E-state index < -0.39 is 0 Å². The van der Waals surface area contributed by atoms with Gasteiger partial charge in [0.1, 0.15) is 11.6 Å². The van der Waals surface area contributed by atoms with Crippen molar-refractivity contribution in [1.29, 1.82) is 0 Å². The number of nitrogens with zero attached hydrogens (tertiary/aromatic N) is 2. The van der Waals surface area contributed by atoms with Crippen molar-refractivity contribution in [3.63, 3.8) is 0 Å². The Hall–Kier alpha value is -2.73. The lowest BCUT2D eigenvalue weighted by Gasteiger charge is -2.08. The lowest BCUT2D eigenvalue weighted by Crippen LogP contribution is -2.13. The third kappa shape index (κ3) is 3.60. The molecule has 6 heteroatoms. The number of thiazole rings is 1. The van der Waals surface area contributed by atoms with Crippen LogP contribution in [0.3, 0.4) is 0 Å². The van der Waals surface area contributed by atoms with Gasteiger partial charge in [0.05, 0.1) is 18.0 Å². The van der Waals surface area contributed by atoms with Gasteiger partial charge in [0.15, 0.2) is 5.01 Å². The van der Waals surface area contributed by atoms with Crippen LogP contribution in [0.2, 0.25) is 0 Å². The molecule has 122 valence electrons. The zero-order valence-electron chi connectivity index (χ0n) is 13.4. The van der Waals surface area contributed by atoms with Crippen molar-refractivity contribution in [3.8, 4) is 17.0 Å². The molecular formula is C18H17N3O2S. The van der Waals surface area contributed by atoms with E-state index in [1.807, 2.05) is 49.6 Å². The fraction of sp³-hybridized carbons (Fsp3) is 0.167. The van der Waals surface area contributed by atoms with E-state index in [4.69, 9.17) is 4.74 Å². The Bertz CT molecular complexity index is 846. The van der Waals surface area contributed by atoms with Crippen molar-refractivity contribution in [2.24, 2.45) is 0 Å². The Morgan fingerprint density at radius 3 is 2.67 bits per heavy atom. The van der Waals surface area contributed by atoms with Gasteiger partial charge >= 0.3 is 0 Å². The Balaban J connectivity index is 1.74. The highest BCUT2D eigenvalue weighted by Gasteiger charge is 2.13. The quantitative estimate of drug-likeness (QED) is 0.758. The summed E-state index contributed by atoms with van der Waals surface area (Å²) in [6.45, 7) is 4.34. The summed E-state index contributed by atoms with van der Waals surface area (Å²) in [7, 11) is 0. The van der Waals surface area contributed by atoms with Crippen LogP contribution in [0.4, 0.5) is 5.82 Å². The maximum atomic E-state index is 12.3. The molecule has 0 aliphatic rings. The predicted octanol–water partition coefficient (Wildman–Crippen LogP) is 4.16. The number of aryl methyl sites for hydroxylation is 1. The van der Waals surface area contributed by atoms with Gasteiger partial charge in [-0.2, -0.15) is 0 Å². The van der Waals surface area contributed by atoms with E-state index in [0.717, 1.165) is 22.7 Å². The van der Waals surface area contributed by atoms with Crippen molar-refractivity contribution >= 4 is 23.1 Å². The van der Waals surface area contributed by atoms with Crippen molar-refractivity contribution in [1.82, 2.24) is 9.97 Å². The van der Waals surface area contributed by atoms with Crippen LogP contribution in [0.5, 0.6) is 5.75 Å². The lowest BCUT2D eigenvalue weighted by atomic mass is 10.2. The molecule has 1 amide bonds. The van der Waals surface area contributed by atoms with Crippen molar-refractivity contribution in [2.75, 3.05) is 11.9 Å². The molecule has 0 fully saturated rings. The minimum Gasteiger partial charge on any atom is -0.492 e. The molecule has 0 saturated heterocycles. The van der Waals surface area contributed by atoms with Crippen LogP contribution in [0.15, 0.2) is 47.8 Å². The molecule has 0 aliphatic heterocycles. The SMILES string of the molecule is CCOc1ccc(NC(=O)c2nc(-c3ccccc3)cs2)nc1C. The summed E-state index contributed by atoms with van der Waals surface area (Å²) in [6, 6.07) is 13.3. The van der Waals surface area contributed by atoms with E-state index in [0.29, 0.717) is 17.4 Å². The van der Waals surface area contributed by atoms with Crippen LogP contribution >= 0.6 is 11.3 Å². The van der Waals surface area contributed by atoms with E-state index in [1.165, 1.54) is 11.3 Å². The molecule has 0 atom stereocenters. The first-order chi connectivity index (χ1) is 11.7. The van der Waals surface area contributed by atoms with Crippen molar-refractivity contribution in [3.05, 3.63) is 58.5 Å². The third-order valence-electron chi connectivity index (χ3n) is 3.35. The summed E-state index contributed by atoms with van der Waals surface area (Å²) in [5.74, 6) is 0.937. The minimum absolute atomic E-state index is 0.266. The third-order valence-corrected chi connectivity index (χ3v) is 4.19. The fourth-order valence-corrected chi connectivity index (χ4v) is 2.94. The van der Waals surface area contributed by atoms with E-state index in [-0.39, 0.29) is 5.91 Å². The van der Waals surface area contributed by atoms with Gasteiger partial charge in [0.25, 0.3) is 5.91 Å². The maximum absolute atomic E-state index is 12.3. The number of ether oxygens (including phenoxy) is 1. The Morgan fingerprint density at radius 2 is 1.96 bits per heavy atom. The number of carbonyl (C=O) groups is 1. The van der Waals surface area contributed by atoms with Gasteiger partial charge in [-0.05, 0) is 26.0 Å². The first kappa shape index (κ1) is 16.1. The van der Waals surface area contributed by atoms with Crippen LogP contribution in [0.1, 0.15) is 22.4 Å². The molecule has 0 radical (unpaired) electrons. The summed E-state index contributed by atoms with van der Waals surface area (Å²) < 4.78 is 5.45. The monoisotopic (exact) mass is 339 g/mol. The number of pyridine rings is 1. The zero-order chi connectivity index (χ0) is 16.9. The molecule has 0 aliphatic carbocycles. The molecule has 0 spiro atoms. The summed E-state index contributed by atoms with van der Waals surface area (Å²) in [4.78, 5) is 21.1. The second-order valence-electron chi connectivity index (χ2n) is 5.07. The van der Waals surface area contributed by atoms with E-state index >= 15 is 0 Å². The Kier molecular flexibility index (Phi) is 4.86. The molecule has 0 unspecified atom stereocenters. The second kappa shape index (κ2) is 7.23. The number of benzene rings is 1. The van der Waals surface area contributed by atoms with Crippen molar-refractivity contribution in [2.45, 2.75) is 13.8 Å². The molecule has 2 heterocycles. The van der Waals surface area contributed by atoms with Crippen LogP contribution in [-0.2, 0) is 0 Å². The number of aromatic nitrogens is 2. The fourth-order valence-electron chi connectivity index (χ4n) is 2.22. The summed E-state index contributed by atoms with van der Waals surface area (Å²) in [5.41, 5.74) is 2.52. The van der Waals surface area contributed by atoms with E-state index in [1.54, 1.807) is 12.1 Å². The molecule has 0 saturated carbocycles. The Morgan fingerprint density at radius 1 is 1.17 bits per heavy atom. The van der Waals surface area contributed by atoms with Crippen LogP contribution in [0, 0.1) is 6.92 Å². The molecule has 24 heavy (non-hydrogen) atoms. The topological polar surface area (TPSA) is 64.1 Å². The van der Waals surface area contributed by atoms with Gasteiger partial charge in [-0.3, -0.25) is 4.79 Å². The molecular weight excluding hydrogens is 322 g/mol. The Labute approximate surface area is 144 Å². The molecule has 2 aromatic heterocycles. The number of anilines is 1. The van der Waals surface area contributed by atoms with Gasteiger partial charge in [-0.25, -0.2) is 9.97 Å². The van der Waals surface area contributed by atoms with Gasteiger partial charge < -0.3 is 10.1 Å². The smallest absolute Gasteiger partial charge is 0.285 e.